The molecule has 29 heavy (non-hydrogen) atoms. The second kappa shape index (κ2) is 8.03. The van der Waals surface area contributed by atoms with E-state index in [0.717, 1.165) is 16.7 Å². The molecule has 0 saturated carbocycles. The Labute approximate surface area is 168 Å². The van der Waals surface area contributed by atoms with Gasteiger partial charge in [0, 0.05) is 25.9 Å². The number of nitrogens with one attached hydrogen (secondary N) is 1. The summed E-state index contributed by atoms with van der Waals surface area (Å²) >= 11 is 0. The predicted octanol–water partition coefficient (Wildman–Crippen LogP) is 2.79. The summed E-state index contributed by atoms with van der Waals surface area (Å²) < 4.78 is 26.9. The molecule has 1 saturated heterocycles. The third-order valence-electron chi connectivity index (χ3n) is 4.75. The zero-order chi connectivity index (χ0) is 20.3. The van der Waals surface area contributed by atoms with Gasteiger partial charge in [0.05, 0.1) is 33.3 Å². The van der Waals surface area contributed by atoms with E-state index in [1.165, 1.54) is 28.6 Å². The minimum absolute atomic E-state index is 0.193. The number of sulfonamides is 1. The van der Waals surface area contributed by atoms with Crippen molar-refractivity contribution in [2.45, 2.75) is 24.3 Å². The molecular weight excluding hydrogens is 390 g/mol. The van der Waals surface area contributed by atoms with E-state index in [4.69, 9.17) is 10.1 Å². The maximum absolute atomic E-state index is 12.7. The van der Waals surface area contributed by atoms with Crippen LogP contribution in [0.2, 0.25) is 0 Å². The highest BCUT2D eigenvalue weighted by molar-refractivity contribution is 7.89. The lowest BCUT2D eigenvalue weighted by atomic mass is 10.1. The topological polar surface area (TPSA) is 111 Å². The summed E-state index contributed by atoms with van der Waals surface area (Å²) in [6, 6.07) is 15.7. The number of nitriles is 1. The highest BCUT2D eigenvalue weighted by Gasteiger charge is 2.28. The molecule has 0 spiro atoms. The SMILES string of the molecule is N#Cc1ccc(S(=O)(=O)N2CCC(=NOCc3nc4ccccc4[nH]3)CC2)cc1. The van der Waals surface area contributed by atoms with Crippen LogP contribution in [0.4, 0.5) is 0 Å². The number of H-pyrrole nitrogens is 1. The third-order valence-corrected chi connectivity index (χ3v) is 6.67. The first-order chi connectivity index (χ1) is 14.1. The highest BCUT2D eigenvalue weighted by Crippen LogP contribution is 2.20. The van der Waals surface area contributed by atoms with Crippen LogP contribution in [-0.4, -0.2) is 41.5 Å². The van der Waals surface area contributed by atoms with Gasteiger partial charge in [-0.1, -0.05) is 17.3 Å². The average Bonchev–Trinajstić information content (AvgIpc) is 3.17. The second-order valence-corrected chi connectivity index (χ2v) is 8.61. The van der Waals surface area contributed by atoms with Gasteiger partial charge in [0.25, 0.3) is 0 Å². The molecule has 1 fully saturated rings. The minimum atomic E-state index is -3.58. The molecule has 1 aliphatic rings. The number of hydrogen-bond donors (Lipinski definition) is 1. The van der Waals surface area contributed by atoms with Gasteiger partial charge in [-0.15, -0.1) is 0 Å². The number of nitrogens with zero attached hydrogens (tertiary/aromatic N) is 4. The lowest BCUT2D eigenvalue weighted by Crippen LogP contribution is -2.38. The van der Waals surface area contributed by atoms with E-state index >= 15 is 0 Å². The first-order valence-corrected chi connectivity index (χ1v) is 10.6. The summed E-state index contributed by atoms with van der Waals surface area (Å²) in [6.07, 6.45) is 1.02. The van der Waals surface area contributed by atoms with Crippen LogP contribution >= 0.6 is 0 Å². The van der Waals surface area contributed by atoms with Gasteiger partial charge in [-0.3, -0.25) is 0 Å². The number of benzene rings is 2. The molecule has 0 atom stereocenters. The number of rotatable bonds is 5. The first-order valence-electron chi connectivity index (χ1n) is 9.18. The van der Waals surface area contributed by atoms with Crippen molar-refractivity contribution in [2.75, 3.05) is 13.1 Å². The second-order valence-electron chi connectivity index (χ2n) is 6.67. The van der Waals surface area contributed by atoms with Gasteiger partial charge in [0.15, 0.2) is 6.61 Å². The largest absolute Gasteiger partial charge is 0.388 e. The van der Waals surface area contributed by atoms with Gasteiger partial charge in [-0.25, -0.2) is 13.4 Å². The maximum Gasteiger partial charge on any atom is 0.243 e. The molecule has 1 aliphatic heterocycles. The van der Waals surface area contributed by atoms with Gasteiger partial charge in [0.1, 0.15) is 5.82 Å². The molecule has 1 N–H and O–H groups in total. The number of aromatic nitrogens is 2. The number of oxime groups is 1. The van der Waals surface area contributed by atoms with Crippen molar-refractivity contribution in [1.29, 1.82) is 5.26 Å². The Morgan fingerprint density at radius 2 is 1.86 bits per heavy atom. The quantitative estimate of drug-likeness (QED) is 0.651. The number of imidazole rings is 1. The van der Waals surface area contributed by atoms with E-state index in [0.29, 0.717) is 37.3 Å². The zero-order valence-electron chi connectivity index (χ0n) is 15.6. The molecule has 4 rings (SSSR count). The Morgan fingerprint density at radius 3 is 2.55 bits per heavy atom. The van der Waals surface area contributed by atoms with Crippen LogP contribution in [0.3, 0.4) is 0 Å². The molecule has 1 aromatic heterocycles. The van der Waals surface area contributed by atoms with Crippen LogP contribution in [-0.2, 0) is 21.5 Å². The van der Waals surface area contributed by atoms with E-state index in [9.17, 15) is 8.42 Å². The number of para-hydroxylation sites is 2. The Bertz CT molecular complexity index is 1150. The Hall–Kier alpha value is -3.22. The van der Waals surface area contributed by atoms with E-state index in [-0.39, 0.29) is 11.5 Å². The van der Waals surface area contributed by atoms with Crippen LogP contribution in [0.25, 0.3) is 11.0 Å². The molecule has 2 heterocycles. The van der Waals surface area contributed by atoms with Crippen molar-refractivity contribution < 1.29 is 13.3 Å². The van der Waals surface area contributed by atoms with E-state index in [1.807, 2.05) is 30.3 Å². The summed E-state index contributed by atoms with van der Waals surface area (Å²) in [6.45, 7) is 0.912. The van der Waals surface area contributed by atoms with Crippen molar-refractivity contribution in [2.24, 2.45) is 5.16 Å². The fraction of sp³-hybridized carbons (Fsp3) is 0.250. The normalized spacial score (nSPS) is 15.2. The first kappa shape index (κ1) is 19.1. The summed E-state index contributed by atoms with van der Waals surface area (Å²) in [4.78, 5) is 13.2. The standard InChI is InChI=1S/C20H19N5O3S/c21-13-15-5-7-17(8-6-15)29(26,27)25-11-9-16(10-12-25)24-28-14-20-22-18-3-1-2-4-19(18)23-20/h1-8H,9-12,14H2,(H,22,23). The lowest BCUT2D eigenvalue weighted by Gasteiger charge is -2.26. The number of hydrogen-bond acceptors (Lipinski definition) is 6. The fourth-order valence-corrected chi connectivity index (χ4v) is 4.63. The zero-order valence-corrected chi connectivity index (χ0v) is 16.4. The summed E-state index contributed by atoms with van der Waals surface area (Å²) in [5.74, 6) is 0.691. The lowest BCUT2D eigenvalue weighted by molar-refractivity contribution is 0.123. The molecule has 0 amide bonds. The van der Waals surface area contributed by atoms with Gasteiger partial charge in [-0.2, -0.15) is 9.57 Å². The molecule has 9 heteroatoms. The third kappa shape index (κ3) is 4.13. The average molecular weight is 409 g/mol. The Morgan fingerprint density at radius 1 is 1.14 bits per heavy atom. The maximum atomic E-state index is 12.7. The van der Waals surface area contributed by atoms with Crippen LogP contribution in [0.1, 0.15) is 24.2 Å². The molecule has 8 nitrogen and oxygen atoms in total. The molecule has 0 aliphatic carbocycles. The summed E-state index contributed by atoms with van der Waals surface area (Å²) in [5, 5.41) is 13.0. The van der Waals surface area contributed by atoms with Crippen molar-refractivity contribution in [1.82, 2.24) is 14.3 Å². The predicted molar refractivity (Wildman–Crippen MR) is 107 cm³/mol. The summed E-state index contributed by atoms with van der Waals surface area (Å²) in [5.41, 5.74) is 3.08. The van der Waals surface area contributed by atoms with Crippen molar-refractivity contribution in [3.8, 4) is 6.07 Å². The molecule has 0 radical (unpaired) electrons. The van der Waals surface area contributed by atoms with Crippen molar-refractivity contribution in [3.05, 3.63) is 59.9 Å². The number of fused-ring (bicyclic) bond motifs is 1. The monoisotopic (exact) mass is 409 g/mol. The van der Waals surface area contributed by atoms with E-state index in [2.05, 4.69) is 15.1 Å². The van der Waals surface area contributed by atoms with Gasteiger partial charge >= 0.3 is 0 Å². The van der Waals surface area contributed by atoms with Crippen LogP contribution in [0, 0.1) is 11.3 Å². The summed E-state index contributed by atoms with van der Waals surface area (Å²) in [7, 11) is -3.58. The van der Waals surface area contributed by atoms with E-state index < -0.39 is 10.0 Å². The smallest absolute Gasteiger partial charge is 0.243 e. The van der Waals surface area contributed by atoms with Crippen LogP contribution in [0.5, 0.6) is 0 Å². The molecule has 3 aromatic rings. The number of piperidine rings is 1. The molecule has 0 bridgehead atoms. The Balaban J connectivity index is 1.34. The Kier molecular flexibility index (Phi) is 5.29. The van der Waals surface area contributed by atoms with Gasteiger partial charge < -0.3 is 9.82 Å². The fourth-order valence-electron chi connectivity index (χ4n) is 3.19. The van der Waals surface area contributed by atoms with Gasteiger partial charge in [0.2, 0.25) is 10.0 Å². The van der Waals surface area contributed by atoms with Crippen molar-refractivity contribution in [3.63, 3.8) is 0 Å². The minimum Gasteiger partial charge on any atom is -0.388 e. The molecular formula is C20H19N5O3S. The van der Waals surface area contributed by atoms with Crippen LogP contribution < -0.4 is 0 Å². The van der Waals surface area contributed by atoms with E-state index in [1.54, 1.807) is 0 Å². The molecule has 2 aromatic carbocycles. The highest BCUT2D eigenvalue weighted by atomic mass is 32.2. The van der Waals surface area contributed by atoms with Crippen LogP contribution in [0.15, 0.2) is 58.6 Å². The van der Waals surface area contributed by atoms with Crippen molar-refractivity contribution >= 4 is 26.8 Å². The molecule has 0 unspecified atom stereocenters. The number of aromatic amines is 1. The van der Waals surface area contributed by atoms with Gasteiger partial charge in [-0.05, 0) is 36.4 Å². The molecule has 148 valence electrons.